The molecule has 0 aliphatic heterocycles. The zero-order chi connectivity index (χ0) is 20.5. The van der Waals surface area contributed by atoms with E-state index in [2.05, 4.69) is 0 Å². The molecule has 0 atom stereocenters. The molecule has 2 aromatic carbocycles. The Labute approximate surface area is 164 Å². The number of carbonyl (C=O) groups excluding carboxylic acids is 2. The van der Waals surface area contributed by atoms with E-state index in [4.69, 9.17) is 14.6 Å². The van der Waals surface area contributed by atoms with Crippen LogP contribution >= 0.6 is 0 Å². The van der Waals surface area contributed by atoms with Crippen LogP contribution < -0.4 is 0 Å². The van der Waals surface area contributed by atoms with E-state index in [1.54, 1.807) is 6.08 Å². The van der Waals surface area contributed by atoms with Crippen molar-refractivity contribution in [3.05, 3.63) is 82.9 Å². The van der Waals surface area contributed by atoms with Crippen LogP contribution in [0.25, 0.3) is 11.3 Å². The van der Waals surface area contributed by atoms with E-state index in [-0.39, 0.29) is 13.2 Å². The van der Waals surface area contributed by atoms with E-state index in [1.807, 2.05) is 62.4 Å². The van der Waals surface area contributed by atoms with Gasteiger partial charge in [-0.1, -0.05) is 53.6 Å². The van der Waals surface area contributed by atoms with Crippen LogP contribution in [-0.2, 0) is 19.1 Å². The zero-order valence-corrected chi connectivity index (χ0v) is 16.3. The summed E-state index contributed by atoms with van der Waals surface area (Å²) in [6.45, 7) is 4.91. The Hall–Kier alpha value is -3.18. The van der Waals surface area contributed by atoms with Crippen LogP contribution in [0.5, 0.6) is 0 Å². The summed E-state index contributed by atoms with van der Waals surface area (Å²) in [5.74, 6) is -0.698. The highest BCUT2D eigenvalue weighted by atomic mass is 16.5. The van der Waals surface area contributed by atoms with Gasteiger partial charge in [-0.15, -0.1) is 0 Å². The maximum absolute atomic E-state index is 11.9. The highest BCUT2D eigenvalue weighted by Gasteiger charge is 2.15. The molecule has 0 fully saturated rings. The summed E-state index contributed by atoms with van der Waals surface area (Å²) in [7, 11) is 0. The number of aryl methyl sites for hydroxylation is 2. The van der Waals surface area contributed by atoms with Gasteiger partial charge < -0.3 is 14.6 Å². The third kappa shape index (κ3) is 6.21. The molecule has 0 saturated carbocycles. The molecule has 1 N–H and O–H groups in total. The predicted octanol–water partition coefficient (Wildman–Crippen LogP) is 3.83. The SMILES string of the molecule is CC(=O)O/C(=C(/C=C/C(=O)OCCO)c1cccc(C)c1)c1cccc(C)c1. The molecule has 0 radical (unpaired) electrons. The highest BCUT2D eigenvalue weighted by molar-refractivity contribution is 5.98. The summed E-state index contributed by atoms with van der Waals surface area (Å²) in [5, 5.41) is 8.79. The average molecular weight is 380 g/mol. The largest absolute Gasteiger partial charge is 0.460 e. The van der Waals surface area contributed by atoms with Crippen molar-refractivity contribution in [1.29, 1.82) is 0 Å². The first-order valence-electron chi connectivity index (χ1n) is 8.93. The molecular weight excluding hydrogens is 356 g/mol. The van der Waals surface area contributed by atoms with Gasteiger partial charge in [-0.05, 0) is 31.6 Å². The maximum Gasteiger partial charge on any atom is 0.330 e. The molecule has 28 heavy (non-hydrogen) atoms. The van der Waals surface area contributed by atoms with Crippen LogP contribution in [0, 0.1) is 13.8 Å². The third-order valence-corrected chi connectivity index (χ3v) is 3.82. The summed E-state index contributed by atoms with van der Waals surface area (Å²) < 4.78 is 10.4. The van der Waals surface area contributed by atoms with Crippen molar-refractivity contribution >= 4 is 23.3 Å². The molecule has 146 valence electrons. The lowest BCUT2D eigenvalue weighted by Crippen LogP contribution is -2.06. The van der Waals surface area contributed by atoms with Crippen LogP contribution in [-0.4, -0.2) is 30.3 Å². The average Bonchev–Trinajstić information content (AvgIpc) is 2.65. The Morgan fingerprint density at radius 3 is 2.14 bits per heavy atom. The lowest BCUT2D eigenvalue weighted by Gasteiger charge is -2.14. The molecule has 0 aliphatic rings. The second-order valence-corrected chi connectivity index (χ2v) is 6.30. The number of hydrogen-bond acceptors (Lipinski definition) is 5. The van der Waals surface area contributed by atoms with Crippen molar-refractivity contribution in [2.45, 2.75) is 20.8 Å². The van der Waals surface area contributed by atoms with Crippen LogP contribution in [0.4, 0.5) is 0 Å². The van der Waals surface area contributed by atoms with E-state index in [0.717, 1.165) is 22.3 Å². The van der Waals surface area contributed by atoms with Gasteiger partial charge in [0.2, 0.25) is 0 Å². The molecule has 0 heterocycles. The lowest BCUT2D eigenvalue weighted by molar-refractivity contribution is -0.138. The van der Waals surface area contributed by atoms with Gasteiger partial charge >= 0.3 is 11.9 Å². The number of rotatable bonds is 7. The molecule has 5 heteroatoms. The first-order valence-corrected chi connectivity index (χ1v) is 8.93. The highest BCUT2D eigenvalue weighted by Crippen LogP contribution is 2.30. The summed E-state index contributed by atoms with van der Waals surface area (Å²) in [5.41, 5.74) is 4.13. The molecule has 5 nitrogen and oxygen atoms in total. The first kappa shape index (κ1) is 21.1. The quantitative estimate of drug-likeness (QED) is 0.260. The molecule has 0 bridgehead atoms. The Kier molecular flexibility index (Phi) is 7.72. The van der Waals surface area contributed by atoms with Gasteiger partial charge in [0, 0.05) is 24.1 Å². The first-order chi connectivity index (χ1) is 13.4. The number of carbonyl (C=O) groups is 2. The summed E-state index contributed by atoms with van der Waals surface area (Å²) >= 11 is 0. The van der Waals surface area contributed by atoms with Gasteiger partial charge in [0.1, 0.15) is 12.4 Å². The number of hydrogen-bond donors (Lipinski definition) is 1. The Balaban J connectivity index is 2.64. The lowest BCUT2D eigenvalue weighted by atomic mass is 9.98. The number of aliphatic hydroxyl groups is 1. The predicted molar refractivity (Wildman–Crippen MR) is 108 cm³/mol. The van der Waals surface area contributed by atoms with Crippen molar-refractivity contribution in [2.24, 2.45) is 0 Å². The Bertz CT molecular complexity index is 909. The monoisotopic (exact) mass is 380 g/mol. The number of benzene rings is 2. The molecule has 0 unspecified atom stereocenters. The number of ether oxygens (including phenoxy) is 2. The van der Waals surface area contributed by atoms with Crippen molar-refractivity contribution in [2.75, 3.05) is 13.2 Å². The Morgan fingerprint density at radius 1 is 0.964 bits per heavy atom. The summed E-state index contributed by atoms with van der Waals surface area (Å²) in [6.07, 6.45) is 2.82. The fourth-order valence-corrected chi connectivity index (χ4v) is 2.66. The molecule has 0 spiro atoms. The van der Waals surface area contributed by atoms with E-state index >= 15 is 0 Å². The number of aliphatic hydroxyl groups excluding tert-OH is 1. The van der Waals surface area contributed by atoms with Crippen molar-refractivity contribution in [1.82, 2.24) is 0 Å². The number of esters is 2. The summed E-state index contributed by atoms with van der Waals surface area (Å²) in [4.78, 5) is 23.7. The van der Waals surface area contributed by atoms with Crippen LogP contribution in [0.3, 0.4) is 0 Å². The molecule has 0 aromatic heterocycles. The van der Waals surface area contributed by atoms with E-state index < -0.39 is 11.9 Å². The fourth-order valence-electron chi connectivity index (χ4n) is 2.66. The molecule has 2 aromatic rings. The van der Waals surface area contributed by atoms with Gasteiger partial charge in [-0.3, -0.25) is 4.79 Å². The van der Waals surface area contributed by atoms with Crippen LogP contribution in [0.1, 0.15) is 29.2 Å². The van der Waals surface area contributed by atoms with Crippen molar-refractivity contribution in [3.63, 3.8) is 0 Å². The minimum Gasteiger partial charge on any atom is -0.460 e. The standard InChI is InChI=1S/C23H24O5/c1-16-6-4-8-19(14-16)21(10-11-22(26)27-13-12-24)23(28-18(3)25)20-9-5-7-17(2)15-20/h4-11,14-15,24H,12-13H2,1-3H3/b11-10+,23-21-. The topological polar surface area (TPSA) is 72.8 Å². The van der Waals surface area contributed by atoms with Crippen LogP contribution in [0.15, 0.2) is 60.7 Å². The molecule has 2 rings (SSSR count). The van der Waals surface area contributed by atoms with E-state index in [0.29, 0.717) is 11.3 Å². The van der Waals surface area contributed by atoms with Gasteiger partial charge in [0.15, 0.2) is 0 Å². The van der Waals surface area contributed by atoms with Gasteiger partial charge in [0.25, 0.3) is 0 Å². The second kappa shape index (κ2) is 10.2. The second-order valence-electron chi connectivity index (χ2n) is 6.30. The molecule has 0 amide bonds. The number of allylic oxidation sites excluding steroid dienone is 2. The van der Waals surface area contributed by atoms with Gasteiger partial charge in [-0.2, -0.15) is 0 Å². The van der Waals surface area contributed by atoms with Gasteiger partial charge in [-0.25, -0.2) is 4.79 Å². The van der Waals surface area contributed by atoms with E-state index in [9.17, 15) is 9.59 Å². The minimum absolute atomic E-state index is 0.0820. The van der Waals surface area contributed by atoms with Crippen molar-refractivity contribution in [3.8, 4) is 0 Å². The molecular formula is C23H24O5. The molecule has 0 saturated heterocycles. The Morgan fingerprint density at radius 2 is 1.57 bits per heavy atom. The maximum atomic E-state index is 11.9. The summed E-state index contributed by atoms with van der Waals surface area (Å²) in [6, 6.07) is 15.3. The fraction of sp³-hybridized carbons (Fsp3) is 0.217. The normalized spacial score (nSPS) is 11.9. The van der Waals surface area contributed by atoms with E-state index in [1.165, 1.54) is 13.0 Å². The van der Waals surface area contributed by atoms with Crippen LogP contribution in [0.2, 0.25) is 0 Å². The smallest absolute Gasteiger partial charge is 0.330 e. The zero-order valence-electron chi connectivity index (χ0n) is 16.3. The van der Waals surface area contributed by atoms with Crippen molar-refractivity contribution < 1.29 is 24.2 Å². The third-order valence-electron chi connectivity index (χ3n) is 3.82. The molecule has 0 aliphatic carbocycles. The minimum atomic E-state index is -0.592. The van der Waals surface area contributed by atoms with Gasteiger partial charge in [0.05, 0.1) is 6.61 Å².